The lowest BCUT2D eigenvalue weighted by atomic mass is 10.1. The second-order valence-corrected chi connectivity index (χ2v) is 7.02. The SMILES string of the molecule is CCN(CC)C(=O)c1nc(C(=O)NC(C)(C)C)c2n1CCCC2. The lowest BCUT2D eigenvalue weighted by molar-refractivity contribution is 0.0754. The van der Waals surface area contributed by atoms with E-state index in [0.717, 1.165) is 31.5 Å². The molecule has 0 bridgehead atoms. The average Bonchev–Trinajstić information content (AvgIpc) is 2.86. The fourth-order valence-electron chi connectivity index (χ4n) is 2.94. The molecule has 1 aromatic rings. The number of amides is 2. The maximum absolute atomic E-state index is 12.7. The Morgan fingerprint density at radius 2 is 1.87 bits per heavy atom. The summed E-state index contributed by atoms with van der Waals surface area (Å²) < 4.78 is 1.95. The van der Waals surface area contributed by atoms with Gasteiger partial charge in [-0.1, -0.05) is 0 Å². The van der Waals surface area contributed by atoms with Crippen LogP contribution in [0.4, 0.5) is 0 Å². The highest BCUT2D eigenvalue weighted by molar-refractivity contribution is 5.97. The smallest absolute Gasteiger partial charge is 0.289 e. The van der Waals surface area contributed by atoms with E-state index in [1.807, 2.05) is 39.2 Å². The predicted octanol–water partition coefficient (Wildman–Crippen LogP) is 2.23. The minimum absolute atomic E-state index is 0.0899. The van der Waals surface area contributed by atoms with Gasteiger partial charge in [0.1, 0.15) is 5.69 Å². The highest BCUT2D eigenvalue weighted by Crippen LogP contribution is 2.22. The van der Waals surface area contributed by atoms with Gasteiger partial charge in [-0.05, 0) is 53.9 Å². The van der Waals surface area contributed by atoms with E-state index in [2.05, 4.69) is 10.3 Å². The van der Waals surface area contributed by atoms with Crippen molar-refractivity contribution >= 4 is 11.8 Å². The second kappa shape index (κ2) is 6.72. The van der Waals surface area contributed by atoms with Crippen LogP contribution in [0, 0.1) is 0 Å². The van der Waals surface area contributed by atoms with Crippen LogP contribution in [-0.4, -0.2) is 44.9 Å². The van der Waals surface area contributed by atoms with Crippen LogP contribution in [0.3, 0.4) is 0 Å². The van der Waals surface area contributed by atoms with Crippen LogP contribution < -0.4 is 5.32 Å². The molecule has 1 aliphatic heterocycles. The van der Waals surface area contributed by atoms with Gasteiger partial charge in [0.15, 0.2) is 5.82 Å². The molecule has 128 valence electrons. The highest BCUT2D eigenvalue weighted by Gasteiger charge is 2.30. The van der Waals surface area contributed by atoms with E-state index in [0.29, 0.717) is 24.6 Å². The van der Waals surface area contributed by atoms with Crippen molar-refractivity contribution in [1.82, 2.24) is 19.8 Å². The molecule has 0 unspecified atom stereocenters. The molecular weight excluding hydrogens is 292 g/mol. The third kappa shape index (κ3) is 3.74. The van der Waals surface area contributed by atoms with Crippen LogP contribution in [0.25, 0.3) is 0 Å². The normalized spacial score (nSPS) is 14.3. The zero-order valence-corrected chi connectivity index (χ0v) is 14.9. The summed E-state index contributed by atoms with van der Waals surface area (Å²) in [6.07, 6.45) is 2.84. The molecule has 1 aromatic heterocycles. The van der Waals surface area contributed by atoms with Gasteiger partial charge in [0.2, 0.25) is 0 Å². The minimum atomic E-state index is -0.328. The zero-order valence-electron chi connectivity index (χ0n) is 14.9. The molecule has 0 radical (unpaired) electrons. The number of rotatable bonds is 4. The minimum Gasteiger partial charge on any atom is -0.346 e. The van der Waals surface area contributed by atoms with Gasteiger partial charge in [-0.3, -0.25) is 9.59 Å². The van der Waals surface area contributed by atoms with Crippen molar-refractivity contribution < 1.29 is 9.59 Å². The first kappa shape index (κ1) is 17.5. The summed E-state index contributed by atoms with van der Waals surface area (Å²) in [7, 11) is 0. The van der Waals surface area contributed by atoms with E-state index in [4.69, 9.17) is 0 Å². The van der Waals surface area contributed by atoms with E-state index in [-0.39, 0.29) is 17.4 Å². The van der Waals surface area contributed by atoms with Gasteiger partial charge in [0.25, 0.3) is 11.8 Å². The number of aromatic nitrogens is 2. The fraction of sp³-hybridized carbons (Fsp3) is 0.706. The summed E-state index contributed by atoms with van der Waals surface area (Å²) >= 11 is 0. The Morgan fingerprint density at radius 1 is 1.22 bits per heavy atom. The van der Waals surface area contributed by atoms with Crippen LogP contribution in [0.2, 0.25) is 0 Å². The molecule has 0 aliphatic carbocycles. The molecular formula is C17H28N4O2. The Kier molecular flexibility index (Phi) is 5.12. The quantitative estimate of drug-likeness (QED) is 0.925. The first-order valence-corrected chi connectivity index (χ1v) is 8.49. The van der Waals surface area contributed by atoms with Crippen LogP contribution in [0.15, 0.2) is 0 Å². The molecule has 2 rings (SSSR count). The lowest BCUT2D eigenvalue weighted by Gasteiger charge is -2.22. The van der Waals surface area contributed by atoms with Crippen molar-refractivity contribution in [2.45, 2.75) is 66.0 Å². The Bertz CT molecular complexity index is 594. The number of hydrogen-bond acceptors (Lipinski definition) is 3. The van der Waals surface area contributed by atoms with Crippen molar-refractivity contribution in [3.05, 3.63) is 17.2 Å². The van der Waals surface area contributed by atoms with Gasteiger partial charge in [-0.2, -0.15) is 0 Å². The zero-order chi connectivity index (χ0) is 17.2. The molecule has 0 saturated carbocycles. The number of nitrogens with one attached hydrogen (secondary N) is 1. The number of carbonyl (C=O) groups excluding carboxylic acids is 2. The van der Waals surface area contributed by atoms with Crippen molar-refractivity contribution in [3.63, 3.8) is 0 Å². The van der Waals surface area contributed by atoms with Crippen molar-refractivity contribution in [2.24, 2.45) is 0 Å². The number of fused-ring (bicyclic) bond motifs is 1. The molecule has 1 aliphatic rings. The van der Waals surface area contributed by atoms with Gasteiger partial charge in [0.05, 0.1) is 5.69 Å². The number of imidazole rings is 1. The summed E-state index contributed by atoms with van der Waals surface area (Å²) in [6.45, 7) is 11.8. The molecule has 1 N–H and O–H groups in total. The molecule has 2 amide bonds. The predicted molar refractivity (Wildman–Crippen MR) is 89.6 cm³/mol. The third-order valence-electron chi connectivity index (χ3n) is 4.06. The third-order valence-corrected chi connectivity index (χ3v) is 4.06. The van der Waals surface area contributed by atoms with Gasteiger partial charge >= 0.3 is 0 Å². The van der Waals surface area contributed by atoms with Crippen LogP contribution in [-0.2, 0) is 13.0 Å². The van der Waals surface area contributed by atoms with Crippen LogP contribution >= 0.6 is 0 Å². The molecule has 6 heteroatoms. The molecule has 0 atom stereocenters. The topological polar surface area (TPSA) is 67.2 Å². The molecule has 0 aromatic carbocycles. The first-order valence-electron chi connectivity index (χ1n) is 8.49. The largest absolute Gasteiger partial charge is 0.346 e. The summed E-state index contributed by atoms with van der Waals surface area (Å²) in [6, 6.07) is 0. The van der Waals surface area contributed by atoms with Gasteiger partial charge in [-0.25, -0.2) is 4.98 Å². The second-order valence-electron chi connectivity index (χ2n) is 7.02. The first-order chi connectivity index (χ1) is 10.8. The number of carbonyl (C=O) groups is 2. The monoisotopic (exact) mass is 320 g/mol. The fourth-order valence-corrected chi connectivity index (χ4v) is 2.94. The summed E-state index contributed by atoms with van der Waals surface area (Å²) in [5.41, 5.74) is 0.981. The van der Waals surface area contributed by atoms with E-state index in [1.54, 1.807) is 4.90 Å². The van der Waals surface area contributed by atoms with E-state index >= 15 is 0 Å². The summed E-state index contributed by atoms with van der Waals surface area (Å²) in [4.78, 5) is 31.5. The molecule has 6 nitrogen and oxygen atoms in total. The van der Waals surface area contributed by atoms with Gasteiger partial charge in [0, 0.05) is 25.2 Å². The summed E-state index contributed by atoms with van der Waals surface area (Å²) in [5.74, 6) is 0.122. The van der Waals surface area contributed by atoms with Crippen molar-refractivity contribution in [1.29, 1.82) is 0 Å². The van der Waals surface area contributed by atoms with Crippen LogP contribution in [0.1, 0.15) is 74.3 Å². The Labute approximate surface area is 138 Å². The molecule has 0 fully saturated rings. The maximum Gasteiger partial charge on any atom is 0.289 e. The average molecular weight is 320 g/mol. The van der Waals surface area contributed by atoms with E-state index < -0.39 is 0 Å². The molecule has 23 heavy (non-hydrogen) atoms. The standard InChI is InChI=1S/C17H28N4O2/c1-6-20(7-2)16(23)14-18-13(15(22)19-17(3,4)5)12-10-8-9-11-21(12)14/h6-11H2,1-5H3,(H,19,22). The van der Waals surface area contributed by atoms with E-state index in [1.165, 1.54) is 0 Å². The Morgan fingerprint density at radius 3 is 2.43 bits per heavy atom. The number of hydrogen-bond donors (Lipinski definition) is 1. The highest BCUT2D eigenvalue weighted by atomic mass is 16.2. The van der Waals surface area contributed by atoms with Gasteiger partial charge in [-0.15, -0.1) is 0 Å². The Balaban J connectivity index is 2.42. The van der Waals surface area contributed by atoms with Crippen molar-refractivity contribution in [3.8, 4) is 0 Å². The van der Waals surface area contributed by atoms with Gasteiger partial charge < -0.3 is 14.8 Å². The maximum atomic E-state index is 12.7. The number of nitrogens with zero attached hydrogens (tertiary/aromatic N) is 3. The molecule has 0 spiro atoms. The van der Waals surface area contributed by atoms with Crippen molar-refractivity contribution in [2.75, 3.05) is 13.1 Å². The lowest BCUT2D eigenvalue weighted by Crippen LogP contribution is -2.41. The molecule has 0 saturated heterocycles. The summed E-state index contributed by atoms with van der Waals surface area (Å²) in [5, 5.41) is 2.96. The van der Waals surface area contributed by atoms with Crippen LogP contribution in [0.5, 0.6) is 0 Å². The van der Waals surface area contributed by atoms with E-state index in [9.17, 15) is 9.59 Å². The molecule has 2 heterocycles. The Hall–Kier alpha value is -1.85.